The molecule has 0 aliphatic carbocycles. The maximum Gasteiger partial charge on any atom is 0.243 e. The van der Waals surface area contributed by atoms with Crippen LogP contribution in [-0.2, 0) is 9.59 Å². The van der Waals surface area contributed by atoms with Gasteiger partial charge in [0, 0.05) is 23.7 Å². The molecule has 1 aliphatic heterocycles. The molecule has 1 atom stereocenters. The summed E-state index contributed by atoms with van der Waals surface area (Å²) in [7, 11) is 0. The topological polar surface area (TPSA) is 72.8 Å². The summed E-state index contributed by atoms with van der Waals surface area (Å²) in [6.45, 7) is 2.02. The van der Waals surface area contributed by atoms with E-state index in [2.05, 4.69) is 5.10 Å². The summed E-state index contributed by atoms with van der Waals surface area (Å²) >= 11 is 1.57. The molecule has 124 valence electrons. The van der Waals surface area contributed by atoms with Crippen LogP contribution in [0, 0.1) is 6.92 Å². The zero-order valence-electron chi connectivity index (χ0n) is 13.3. The molecule has 5 nitrogen and oxygen atoms in total. The largest absolute Gasteiger partial charge is 0.550 e. The predicted molar refractivity (Wildman–Crippen MR) is 90.5 cm³/mol. The Morgan fingerprint density at radius 2 is 2.00 bits per heavy atom. The second-order valence-electron chi connectivity index (χ2n) is 5.76. The molecule has 0 radical (unpaired) electrons. The number of benzene rings is 1. The Bertz CT molecular complexity index is 766. The Morgan fingerprint density at radius 3 is 2.62 bits per heavy atom. The van der Waals surface area contributed by atoms with Crippen molar-refractivity contribution in [3.8, 4) is 0 Å². The number of nitrogens with zero attached hydrogens (tertiary/aromatic N) is 2. The van der Waals surface area contributed by atoms with E-state index in [0.29, 0.717) is 6.42 Å². The van der Waals surface area contributed by atoms with Crippen LogP contribution in [0.5, 0.6) is 0 Å². The van der Waals surface area contributed by atoms with Gasteiger partial charge in [0.05, 0.1) is 11.8 Å². The molecule has 2 aromatic rings. The lowest BCUT2D eigenvalue weighted by Gasteiger charge is -2.20. The molecule has 1 aliphatic rings. The third-order valence-electron chi connectivity index (χ3n) is 3.97. The number of hydrogen-bond donors (Lipinski definition) is 0. The third-order valence-corrected chi connectivity index (χ3v) is 4.94. The second kappa shape index (κ2) is 6.97. The zero-order chi connectivity index (χ0) is 17.1. The van der Waals surface area contributed by atoms with E-state index in [-0.39, 0.29) is 24.8 Å². The lowest BCUT2D eigenvalue weighted by Crippen LogP contribution is -2.29. The molecule has 0 saturated carbocycles. The van der Waals surface area contributed by atoms with E-state index in [4.69, 9.17) is 0 Å². The number of rotatable bonds is 5. The molecule has 0 unspecified atom stereocenters. The van der Waals surface area contributed by atoms with Crippen LogP contribution in [0.25, 0.3) is 0 Å². The number of carbonyl (C=O) groups excluding carboxylic acids is 2. The van der Waals surface area contributed by atoms with Gasteiger partial charge in [0.25, 0.3) is 0 Å². The SMILES string of the molecule is Cc1ccc(C2=NN(C(=O)CCC(=O)[O-])[C@H](c3cccs3)C2)cc1. The van der Waals surface area contributed by atoms with Crippen molar-refractivity contribution < 1.29 is 14.7 Å². The van der Waals surface area contributed by atoms with Crippen LogP contribution < -0.4 is 5.11 Å². The lowest BCUT2D eigenvalue weighted by molar-refractivity contribution is -0.305. The Kier molecular flexibility index (Phi) is 4.76. The summed E-state index contributed by atoms with van der Waals surface area (Å²) in [6, 6.07) is 11.8. The van der Waals surface area contributed by atoms with Crippen LogP contribution in [0.4, 0.5) is 0 Å². The van der Waals surface area contributed by atoms with E-state index in [9.17, 15) is 14.7 Å². The van der Waals surface area contributed by atoms with E-state index in [1.54, 1.807) is 11.3 Å². The number of thiophene rings is 1. The first kappa shape index (κ1) is 16.4. The summed E-state index contributed by atoms with van der Waals surface area (Å²) in [5.74, 6) is -1.52. The zero-order valence-corrected chi connectivity index (χ0v) is 14.1. The van der Waals surface area contributed by atoms with Gasteiger partial charge in [-0.25, -0.2) is 5.01 Å². The van der Waals surface area contributed by atoms with Crippen molar-refractivity contribution in [2.45, 2.75) is 32.2 Å². The van der Waals surface area contributed by atoms with Crippen LogP contribution in [0.1, 0.15) is 41.3 Å². The normalized spacial score (nSPS) is 17.0. The highest BCUT2D eigenvalue weighted by atomic mass is 32.1. The number of carboxylic acid groups (broad SMARTS) is 1. The Morgan fingerprint density at radius 1 is 1.25 bits per heavy atom. The van der Waals surface area contributed by atoms with Crippen LogP contribution in [0.15, 0.2) is 46.9 Å². The molecule has 3 rings (SSSR count). The van der Waals surface area contributed by atoms with E-state index in [1.807, 2.05) is 48.7 Å². The van der Waals surface area contributed by atoms with Gasteiger partial charge in [-0.3, -0.25) is 4.79 Å². The molecule has 1 aromatic heterocycles. The Balaban J connectivity index is 1.86. The minimum Gasteiger partial charge on any atom is -0.550 e. The monoisotopic (exact) mass is 341 g/mol. The lowest BCUT2D eigenvalue weighted by atomic mass is 10.0. The molecule has 0 fully saturated rings. The van der Waals surface area contributed by atoms with Gasteiger partial charge in [0.2, 0.25) is 5.91 Å². The molecular formula is C18H17N2O3S-. The number of hydrogen-bond acceptors (Lipinski definition) is 5. The first-order valence-electron chi connectivity index (χ1n) is 7.74. The van der Waals surface area contributed by atoms with E-state index in [1.165, 1.54) is 5.01 Å². The van der Waals surface area contributed by atoms with Crippen molar-refractivity contribution >= 4 is 28.9 Å². The first-order valence-corrected chi connectivity index (χ1v) is 8.62. The smallest absolute Gasteiger partial charge is 0.243 e. The summed E-state index contributed by atoms with van der Waals surface area (Å²) < 4.78 is 0. The number of carboxylic acids is 1. The molecular weight excluding hydrogens is 324 g/mol. The molecule has 2 heterocycles. The minimum absolute atomic E-state index is 0.102. The molecule has 1 aromatic carbocycles. The average molecular weight is 341 g/mol. The van der Waals surface area contributed by atoms with Crippen LogP contribution in [0.2, 0.25) is 0 Å². The van der Waals surface area contributed by atoms with Crippen LogP contribution in [0.3, 0.4) is 0 Å². The Hall–Kier alpha value is -2.47. The fourth-order valence-electron chi connectivity index (χ4n) is 2.69. The maximum atomic E-state index is 12.4. The third kappa shape index (κ3) is 3.54. The van der Waals surface area contributed by atoms with Gasteiger partial charge in [-0.15, -0.1) is 11.3 Å². The number of aryl methyl sites for hydroxylation is 1. The fraction of sp³-hybridized carbons (Fsp3) is 0.278. The highest BCUT2D eigenvalue weighted by molar-refractivity contribution is 7.10. The summed E-state index contributed by atoms with van der Waals surface area (Å²) in [5, 5.41) is 18.5. The van der Waals surface area contributed by atoms with Gasteiger partial charge < -0.3 is 9.90 Å². The molecule has 6 heteroatoms. The average Bonchev–Trinajstić information content (AvgIpc) is 3.22. The van der Waals surface area contributed by atoms with E-state index in [0.717, 1.165) is 21.7 Å². The molecule has 0 saturated heterocycles. The standard InChI is InChI=1S/C18H18N2O3S/c1-12-4-6-13(7-5-12)14-11-15(16-3-2-10-24-16)20(19-14)17(21)8-9-18(22)23/h2-7,10,15H,8-9,11H2,1H3,(H,22,23)/p-1/t15-/m0/s1. The van der Waals surface area contributed by atoms with Crippen LogP contribution in [-0.4, -0.2) is 22.6 Å². The number of amides is 1. The molecule has 0 bridgehead atoms. The highest BCUT2D eigenvalue weighted by Gasteiger charge is 2.33. The van der Waals surface area contributed by atoms with Crippen molar-refractivity contribution in [2.75, 3.05) is 0 Å². The van der Waals surface area contributed by atoms with Gasteiger partial charge in [0.15, 0.2) is 0 Å². The van der Waals surface area contributed by atoms with Gasteiger partial charge in [-0.05, 0) is 30.4 Å². The van der Waals surface area contributed by atoms with Crippen molar-refractivity contribution in [1.29, 1.82) is 0 Å². The highest BCUT2D eigenvalue weighted by Crippen LogP contribution is 2.35. The molecule has 24 heavy (non-hydrogen) atoms. The van der Waals surface area contributed by atoms with Gasteiger partial charge in [-0.1, -0.05) is 35.9 Å². The maximum absolute atomic E-state index is 12.4. The summed E-state index contributed by atoms with van der Waals surface area (Å²) in [5.41, 5.74) is 2.99. The number of aliphatic carboxylic acids is 1. The molecule has 1 amide bonds. The van der Waals surface area contributed by atoms with Gasteiger partial charge >= 0.3 is 0 Å². The Labute approximate surface area is 144 Å². The van der Waals surface area contributed by atoms with Gasteiger partial charge in [-0.2, -0.15) is 5.10 Å². The quantitative estimate of drug-likeness (QED) is 0.837. The second-order valence-corrected chi connectivity index (χ2v) is 6.74. The van der Waals surface area contributed by atoms with Crippen molar-refractivity contribution in [3.05, 3.63) is 57.8 Å². The minimum atomic E-state index is -1.22. The van der Waals surface area contributed by atoms with Gasteiger partial charge in [0.1, 0.15) is 0 Å². The van der Waals surface area contributed by atoms with E-state index < -0.39 is 5.97 Å². The fourth-order valence-corrected chi connectivity index (χ4v) is 3.50. The van der Waals surface area contributed by atoms with Crippen molar-refractivity contribution in [3.63, 3.8) is 0 Å². The van der Waals surface area contributed by atoms with E-state index >= 15 is 0 Å². The van der Waals surface area contributed by atoms with Crippen molar-refractivity contribution in [1.82, 2.24) is 5.01 Å². The number of carbonyl (C=O) groups is 2. The van der Waals surface area contributed by atoms with Crippen molar-refractivity contribution in [2.24, 2.45) is 5.10 Å². The first-order chi connectivity index (χ1) is 11.5. The molecule has 0 spiro atoms. The predicted octanol–water partition coefficient (Wildman–Crippen LogP) is 2.26. The summed E-state index contributed by atoms with van der Waals surface area (Å²) in [6.07, 6.45) is 0.234. The number of hydrazone groups is 1. The summed E-state index contributed by atoms with van der Waals surface area (Å²) in [4.78, 5) is 24.1. The van der Waals surface area contributed by atoms with Crippen LogP contribution >= 0.6 is 11.3 Å². The molecule has 0 N–H and O–H groups in total.